The third-order valence-corrected chi connectivity index (χ3v) is 4.08. The molecule has 2 heterocycles. The van der Waals surface area contributed by atoms with Gasteiger partial charge in [-0.1, -0.05) is 12.2 Å². The summed E-state index contributed by atoms with van der Waals surface area (Å²) in [6.45, 7) is 3.39. The number of nitrogens with zero attached hydrogens (tertiary/aromatic N) is 1. The molecule has 15 heavy (non-hydrogen) atoms. The zero-order valence-electron chi connectivity index (χ0n) is 10.1. The molecule has 2 heteroatoms. The first-order chi connectivity index (χ1) is 7.35. The Labute approximate surface area is 93.7 Å². The molecular formula is C13H24N2. The fourth-order valence-electron chi connectivity index (χ4n) is 3.27. The molecule has 0 aliphatic carbocycles. The third kappa shape index (κ3) is 2.43. The van der Waals surface area contributed by atoms with Crippen LogP contribution in [0.3, 0.4) is 0 Å². The maximum absolute atomic E-state index is 3.45. The molecule has 2 aliphatic heterocycles. The Balaban J connectivity index is 1.87. The number of nitrogens with one attached hydrogen (secondary N) is 1. The van der Waals surface area contributed by atoms with Crippen LogP contribution in [-0.4, -0.2) is 36.6 Å². The lowest BCUT2D eigenvalue weighted by Gasteiger charge is -2.38. The summed E-state index contributed by atoms with van der Waals surface area (Å²) in [5.41, 5.74) is 0. The summed E-state index contributed by atoms with van der Waals surface area (Å²) in [6, 6.07) is 2.51. The first-order valence-electron chi connectivity index (χ1n) is 6.39. The highest BCUT2D eigenvalue weighted by molar-refractivity contribution is 4.97. The lowest BCUT2D eigenvalue weighted by Crippen LogP contribution is -2.48. The fraction of sp³-hybridized carbons (Fsp3) is 0.846. The van der Waals surface area contributed by atoms with Crippen LogP contribution in [0.2, 0.25) is 0 Å². The normalized spacial score (nSPS) is 36.5. The van der Waals surface area contributed by atoms with Crippen molar-refractivity contribution in [2.24, 2.45) is 0 Å². The molecule has 0 radical (unpaired) electrons. The minimum Gasteiger partial charge on any atom is -0.317 e. The van der Waals surface area contributed by atoms with Gasteiger partial charge in [-0.15, -0.1) is 0 Å². The lowest BCUT2D eigenvalue weighted by atomic mass is 9.97. The summed E-state index contributed by atoms with van der Waals surface area (Å²) in [5.74, 6) is 0. The molecule has 2 aliphatic rings. The largest absolute Gasteiger partial charge is 0.317 e. The Morgan fingerprint density at radius 3 is 2.47 bits per heavy atom. The molecule has 0 aromatic heterocycles. The predicted molar refractivity (Wildman–Crippen MR) is 65.0 cm³/mol. The van der Waals surface area contributed by atoms with E-state index in [1.807, 2.05) is 0 Å². The standard InChI is InChI=1S/C13H24N2/c1-3-4-5-8-15-12-6-7-13(15)10-11(9-12)14-2/h3-4,11-14H,5-10H2,1-2H3/b4-3+. The molecule has 2 bridgehead atoms. The van der Waals surface area contributed by atoms with Crippen LogP contribution in [-0.2, 0) is 0 Å². The van der Waals surface area contributed by atoms with E-state index in [0.717, 1.165) is 18.1 Å². The molecule has 2 saturated heterocycles. The SMILES string of the molecule is C/C=C/CCN1C2CCC1CC(NC)C2. The molecule has 2 atom stereocenters. The van der Waals surface area contributed by atoms with E-state index in [0.29, 0.717) is 0 Å². The average molecular weight is 208 g/mol. The number of piperidine rings is 1. The molecule has 0 spiro atoms. The molecule has 0 aromatic rings. The van der Waals surface area contributed by atoms with Gasteiger partial charge in [-0.05, 0) is 46.1 Å². The van der Waals surface area contributed by atoms with Gasteiger partial charge in [0, 0.05) is 24.7 Å². The van der Waals surface area contributed by atoms with Gasteiger partial charge < -0.3 is 5.32 Å². The number of allylic oxidation sites excluding steroid dienone is 1. The van der Waals surface area contributed by atoms with E-state index in [1.54, 1.807) is 0 Å². The first kappa shape index (κ1) is 11.2. The predicted octanol–water partition coefficient (Wildman–Crippen LogP) is 2.17. The number of hydrogen-bond acceptors (Lipinski definition) is 2. The topological polar surface area (TPSA) is 15.3 Å². The summed E-state index contributed by atoms with van der Waals surface area (Å²) >= 11 is 0. The Hall–Kier alpha value is -0.340. The summed E-state index contributed by atoms with van der Waals surface area (Å²) in [6.07, 6.45) is 11.3. The molecule has 2 fully saturated rings. The second kappa shape index (κ2) is 5.13. The van der Waals surface area contributed by atoms with Gasteiger partial charge in [-0.25, -0.2) is 0 Å². The maximum atomic E-state index is 3.45. The van der Waals surface area contributed by atoms with Crippen LogP contribution in [0.15, 0.2) is 12.2 Å². The molecule has 2 nitrogen and oxygen atoms in total. The minimum atomic E-state index is 0.778. The summed E-state index contributed by atoms with van der Waals surface area (Å²) in [5, 5.41) is 3.45. The highest BCUT2D eigenvalue weighted by atomic mass is 15.2. The maximum Gasteiger partial charge on any atom is 0.0114 e. The molecule has 2 rings (SSSR count). The Morgan fingerprint density at radius 2 is 1.93 bits per heavy atom. The highest BCUT2D eigenvalue weighted by Gasteiger charge is 2.39. The summed E-state index contributed by atoms with van der Waals surface area (Å²) in [7, 11) is 2.11. The van der Waals surface area contributed by atoms with Gasteiger partial charge >= 0.3 is 0 Å². The van der Waals surface area contributed by atoms with E-state index in [2.05, 4.69) is 36.3 Å². The Bertz CT molecular complexity index is 211. The van der Waals surface area contributed by atoms with Crippen LogP contribution in [0.25, 0.3) is 0 Å². The first-order valence-corrected chi connectivity index (χ1v) is 6.39. The zero-order chi connectivity index (χ0) is 10.7. The number of rotatable bonds is 4. The Morgan fingerprint density at radius 1 is 1.27 bits per heavy atom. The van der Waals surface area contributed by atoms with Crippen molar-refractivity contribution in [2.75, 3.05) is 13.6 Å². The van der Waals surface area contributed by atoms with Crippen molar-refractivity contribution in [1.29, 1.82) is 0 Å². The van der Waals surface area contributed by atoms with Crippen molar-refractivity contribution in [2.45, 2.75) is 57.2 Å². The van der Waals surface area contributed by atoms with Gasteiger partial charge in [0.2, 0.25) is 0 Å². The van der Waals surface area contributed by atoms with Crippen molar-refractivity contribution in [3.63, 3.8) is 0 Å². The van der Waals surface area contributed by atoms with E-state index in [4.69, 9.17) is 0 Å². The van der Waals surface area contributed by atoms with Crippen molar-refractivity contribution in [3.8, 4) is 0 Å². The van der Waals surface area contributed by atoms with E-state index in [-0.39, 0.29) is 0 Å². The smallest absolute Gasteiger partial charge is 0.0114 e. The van der Waals surface area contributed by atoms with Crippen molar-refractivity contribution in [3.05, 3.63) is 12.2 Å². The van der Waals surface area contributed by atoms with Gasteiger partial charge in [0.1, 0.15) is 0 Å². The Kier molecular flexibility index (Phi) is 3.81. The van der Waals surface area contributed by atoms with Crippen LogP contribution in [0.5, 0.6) is 0 Å². The van der Waals surface area contributed by atoms with Gasteiger partial charge in [0.25, 0.3) is 0 Å². The van der Waals surface area contributed by atoms with Crippen LogP contribution >= 0.6 is 0 Å². The average Bonchev–Trinajstić information content (AvgIpc) is 2.51. The van der Waals surface area contributed by atoms with Crippen molar-refractivity contribution < 1.29 is 0 Å². The van der Waals surface area contributed by atoms with E-state index < -0.39 is 0 Å². The monoisotopic (exact) mass is 208 g/mol. The fourth-order valence-corrected chi connectivity index (χ4v) is 3.27. The third-order valence-electron chi connectivity index (χ3n) is 4.08. The second-order valence-corrected chi connectivity index (χ2v) is 4.94. The number of hydrogen-bond donors (Lipinski definition) is 1. The summed E-state index contributed by atoms with van der Waals surface area (Å²) < 4.78 is 0. The second-order valence-electron chi connectivity index (χ2n) is 4.94. The van der Waals surface area contributed by atoms with Gasteiger partial charge in [0.15, 0.2) is 0 Å². The quantitative estimate of drug-likeness (QED) is 0.712. The minimum absolute atomic E-state index is 0.778. The molecular weight excluding hydrogens is 184 g/mol. The van der Waals surface area contributed by atoms with Crippen LogP contribution < -0.4 is 5.32 Å². The van der Waals surface area contributed by atoms with Gasteiger partial charge in [-0.2, -0.15) is 0 Å². The lowest BCUT2D eigenvalue weighted by molar-refractivity contribution is 0.122. The number of fused-ring (bicyclic) bond motifs is 2. The summed E-state index contributed by atoms with van der Waals surface area (Å²) in [4.78, 5) is 2.76. The van der Waals surface area contributed by atoms with E-state index in [9.17, 15) is 0 Å². The van der Waals surface area contributed by atoms with Gasteiger partial charge in [-0.3, -0.25) is 4.90 Å². The van der Waals surface area contributed by atoms with Crippen LogP contribution in [0.1, 0.15) is 39.0 Å². The van der Waals surface area contributed by atoms with Crippen LogP contribution in [0.4, 0.5) is 0 Å². The van der Waals surface area contributed by atoms with Crippen molar-refractivity contribution in [1.82, 2.24) is 10.2 Å². The van der Waals surface area contributed by atoms with Gasteiger partial charge in [0.05, 0.1) is 0 Å². The van der Waals surface area contributed by atoms with Crippen molar-refractivity contribution >= 4 is 0 Å². The molecule has 0 saturated carbocycles. The van der Waals surface area contributed by atoms with Crippen LogP contribution in [0, 0.1) is 0 Å². The highest BCUT2D eigenvalue weighted by Crippen LogP contribution is 2.35. The molecule has 0 amide bonds. The molecule has 2 unspecified atom stereocenters. The van der Waals surface area contributed by atoms with E-state index >= 15 is 0 Å². The zero-order valence-corrected chi connectivity index (χ0v) is 10.1. The molecule has 86 valence electrons. The van der Waals surface area contributed by atoms with E-state index in [1.165, 1.54) is 38.6 Å². The molecule has 1 N–H and O–H groups in total. The molecule has 0 aromatic carbocycles.